The zero-order valence-electron chi connectivity index (χ0n) is 9.81. The predicted molar refractivity (Wildman–Crippen MR) is 74.0 cm³/mol. The molecule has 0 unspecified atom stereocenters. The quantitative estimate of drug-likeness (QED) is 0.640. The van der Waals surface area contributed by atoms with Crippen molar-refractivity contribution in [3.63, 3.8) is 0 Å². The van der Waals surface area contributed by atoms with Crippen LogP contribution in [0.3, 0.4) is 0 Å². The molecule has 0 radical (unpaired) electrons. The van der Waals surface area contributed by atoms with Gasteiger partial charge in [-0.05, 0) is 30.3 Å². The van der Waals surface area contributed by atoms with Gasteiger partial charge in [-0.2, -0.15) is 0 Å². The molecule has 1 nitrogen and oxygen atoms in total. The number of benzene rings is 1. The molecule has 1 aromatic rings. The Hall–Kier alpha value is -0.123. The molecule has 1 N–H and O–H groups in total. The Morgan fingerprint density at radius 2 is 1.73 bits per heavy atom. The van der Waals surface area contributed by atoms with Crippen molar-refractivity contribution in [2.45, 2.75) is 32.2 Å². The Kier molecular flexibility index (Phi) is 5.03. The molecular formula is C12H20BrNSi. The van der Waals surface area contributed by atoms with Gasteiger partial charge in [0.05, 0.1) is 0 Å². The van der Waals surface area contributed by atoms with E-state index in [9.17, 15) is 0 Å². The second kappa shape index (κ2) is 5.82. The van der Waals surface area contributed by atoms with Crippen LogP contribution >= 0.6 is 15.9 Å². The van der Waals surface area contributed by atoms with Crippen molar-refractivity contribution in [1.29, 1.82) is 0 Å². The molecule has 0 aliphatic carbocycles. The Morgan fingerprint density at radius 3 is 2.27 bits per heavy atom. The zero-order valence-corrected chi connectivity index (χ0v) is 12.4. The van der Waals surface area contributed by atoms with Crippen molar-refractivity contribution < 1.29 is 0 Å². The van der Waals surface area contributed by atoms with Crippen molar-refractivity contribution in [3.8, 4) is 0 Å². The van der Waals surface area contributed by atoms with Crippen molar-refractivity contribution in [1.82, 2.24) is 5.32 Å². The van der Waals surface area contributed by atoms with Crippen LogP contribution in [0, 0.1) is 0 Å². The van der Waals surface area contributed by atoms with Crippen LogP contribution in [0.15, 0.2) is 28.7 Å². The van der Waals surface area contributed by atoms with E-state index < -0.39 is 8.07 Å². The molecule has 0 bridgehead atoms. The minimum atomic E-state index is -0.874. The Labute approximate surface area is 102 Å². The van der Waals surface area contributed by atoms with Gasteiger partial charge < -0.3 is 5.32 Å². The summed E-state index contributed by atoms with van der Waals surface area (Å²) < 4.78 is 1.15. The minimum absolute atomic E-state index is 0.874. The third-order valence-electron chi connectivity index (χ3n) is 2.29. The van der Waals surface area contributed by atoms with Gasteiger partial charge >= 0.3 is 0 Å². The van der Waals surface area contributed by atoms with Gasteiger partial charge in [-0.1, -0.05) is 47.7 Å². The summed E-state index contributed by atoms with van der Waals surface area (Å²) in [6.07, 6.45) is 0. The van der Waals surface area contributed by atoms with Crippen molar-refractivity contribution in [2.24, 2.45) is 0 Å². The summed E-state index contributed by atoms with van der Waals surface area (Å²) in [6.45, 7) is 9.36. The van der Waals surface area contributed by atoms with E-state index in [0.717, 1.165) is 17.6 Å². The molecule has 1 rings (SSSR count). The van der Waals surface area contributed by atoms with Gasteiger partial charge in [0.15, 0.2) is 0 Å². The molecule has 0 aromatic heterocycles. The molecule has 0 aliphatic heterocycles. The molecular weight excluding hydrogens is 266 g/mol. The van der Waals surface area contributed by atoms with Gasteiger partial charge in [0.2, 0.25) is 0 Å². The molecule has 0 heterocycles. The number of halogens is 1. The van der Waals surface area contributed by atoms with E-state index in [1.165, 1.54) is 11.6 Å². The highest BCUT2D eigenvalue weighted by molar-refractivity contribution is 9.10. The first kappa shape index (κ1) is 12.9. The molecule has 0 spiro atoms. The lowest BCUT2D eigenvalue weighted by Crippen LogP contribution is -2.26. The maximum absolute atomic E-state index is 3.50. The third-order valence-corrected chi connectivity index (χ3v) is 4.57. The number of nitrogens with one attached hydrogen (secondary N) is 1. The van der Waals surface area contributed by atoms with E-state index in [-0.39, 0.29) is 0 Å². The summed E-state index contributed by atoms with van der Waals surface area (Å²) in [5, 5.41) is 3.50. The van der Waals surface area contributed by atoms with Crippen LogP contribution in [0.25, 0.3) is 0 Å². The average Bonchev–Trinajstić information content (AvgIpc) is 2.14. The van der Waals surface area contributed by atoms with Crippen LogP contribution in [-0.2, 0) is 6.54 Å². The number of hydrogen-bond donors (Lipinski definition) is 1. The topological polar surface area (TPSA) is 12.0 Å². The van der Waals surface area contributed by atoms with Crippen LogP contribution in [0.2, 0.25) is 25.7 Å². The standard InChI is InChI=1S/C12H20BrNSi/c1-15(2,3)9-8-14-10-11-4-6-12(13)7-5-11/h4-7,14H,8-10H2,1-3H3. The van der Waals surface area contributed by atoms with E-state index in [0.29, 0.717) is 0 Å². The Balaban J connectivity index is 2.23. The van der Waals surface area contributed by atoms with Crippen LogP contribution in [0.5, 0.6) is 0 Å². The summed E-state index contributed by atoms with van der Waals surface area (Å²) in [7, 11) is -0.874. The van der Waals surface area contributed by atoms with Gasteiger partial charge in [-0.15, -0.1) is 0 Å². The van der Waals surface area contributed by atoms with Crippen LogP contribution in [-0.4, -0.2) is 14.6 Å². The van der Waals surface area contributed by atoms with E-state index in [1.807, 2.05) is 0 Å². The van der Waals surface area contributed by atoms with Gasteiger partial charge in [0, 0.05) is 19.1 Å². The molecule has 1 aromatic carbocycles. The van der Waals surface area contributed by atoms with Crippen molar-refractivity contribution in [3.05, 3.63) is 34.3 Å². The summed E-state index contributed by atoms with van der Waals surface area (Å²) in [4.78, 5) is 0. The molecule has 0 atom stereocenters. The summed E-state index contributed by atoms with van der Waals surface area (Å²) in [5.41, 5.74) is 1.36. The first-order valence-corrected chi connectivity index (χ1v) is 9.92. The maximum atomic E-state index is 3.50. The van der Waals surface area contributed by atoms with Gasteiger partial charge in [-0.3, -0.25) is 0 Å². The molecule has 3 heteroatoms. The molecule has 0 saturated heterocycles. The molecule has 84 valence electrons. The predicted octanol–water partition coefficient (Wildman–Crippen LogP) is 3.88. The molecule has 0 amide bonds. The van der Waals surface area contributed by atoms with Gasteiger partial charge in [-0.25, -0.2) is 0 Å². The minimum Gasteiger partial charge on any atom is -0.313 e. The fraction of sp³-hybridized carbons (Fsp3) is 0.500. The smallest absolute Gasteiger partial charge is 0.0455 e. The second-order valence-corrected chi connectivity index (χ2v) is 11.7. The van der Waals surface area contributed by atoms with Crippen molar-refractivity contribution in [2.75, 3.05) is 6.54 Å². The molecule has 0 fully saturated rings. The Morgan fingerprint density at radius 1 is 1.13 bits per heavy atom. The molecule has 0 aliphatic rings. The second-order valence-electron chi connectivity index (χ2n) is 5.11. The number of rotatable bonds is 5. The van der Waals surface area contributed by atoms with Crippen molar-refractivity contribution >= 4 is 24.0 Å². The zero-order chi connectivity index (χ0) is 11.3. The molecule has 0 saturated carbocycles. The monoisotopic (exact) mass is 285 g/mol. The third kappa shape index (κ3) is 6.13. The normalized spacial score (nSPS) is 11.7. The van der Waals surface area contributed by atoms with Gasteiger partial charge in [0.25, 0.3) is 0 Å². The first-order chi connectivity index (χ1) is 6.97. The highest BCUT2D eigenvalue weighted by atomic mass is 79.9. The van der Waals surface area contributed by atoms with Crippen LogP contribution in [0.1, 0.15) is 5.56 Å². The molecule has 15 heavy (non-hydrogen) atoms. The maximum Gasteiger partial charge on any atom is 0.0455 e. The summed E-state index contributed by atoms with van der Waals surface area (Å²) in [6, 6.07) is 9.85. The Bertz CT molecular complexity index is 289. The lowest BCUT2D eigenvalue weighted by molar-refractivity contribution is 0.720. The van der Waals surface area contributed by atoms with E-state index >= 15 is 0 Å². The fourth-order valence-corrected chi connectivity index (χ4v) is 2.49. The van der Waals surface area contributed by atoms with Gasteiger partial charge in [0.1, 0.15) is 0 Å². The lowest BCUT2D eigenvalue weighted by atomic mass is 10.2. The van der Waals surface area contributed by atoms with Crippen LogP contribution in [0.4, 0.5) is 0 Å². The van der Waals surface area contributed by atoms with Crippen LogP contribution < -0.4 is 5.32 Å². The first-order valence-electron chi connectivity index (χ1n) is 5.42. The summed E-state index contributed by atoms with van der Waals surface area (Å²) >= 11 is 3.44. The highest BCUT2D eigenvalue weighted by Gasteiger charge is 2.11. The van der Waals surface area contributed by atoms with E-state index in [2.05, 4.69) is 65.2 Å². The summed E-state index contributed by atoms with van der Waals surface area (Å²) in [5.74, 6) is 0. The SMILES string of the molecule is C[Si](C)(C)CCNCc1ccc(Br)cc1. The van der Waals surface area contributed by atoms with E-state index in [4.69, 9.17) is 0 Å². The fourth-order valence-electron chi connectivity index (χ4n) is 1.30. The average molecular weight is 286 g/mol. The number of hydrogen-bond acceptors (Lipinski definition) is 1. The largest absolute Gasteiger partial charge is 0.313 e. The van der Waals surface area contributed by atoms with E-state index in [1.54, 1.807) is 0 Å². The lowest BCUT2D eigenvalue weighted by Gasteiger charge is -2.15. The highest BCUT2D eigenvalue weighted by Crippen LogP contribution is 2.10.